The molecule has 0 N–H and O–H groups in total. The van der Waals surface area contributed by atoms with Gasteiger partial charge in [0.15, 0.2) is 0 Å². The van der Waals surface area contributed by atoms with E-state index in [0.29, 0.717) is 0 Å². The van der Waals surface area contributed by atoms with Crippen LogP contribution in [0.1, 0.15) is 20.3 Å². The number of morpholine rings is 1. The summed E-state index contributed by atoms with van der Waals surface area (Å²) in [6.45, 7) is 13.4. The normalized spacial score (nSPS) is 19.1. The van der Waals surface area contributed by atoms with Gasteiger partial charge in [0.05, 0.1) is 13.2 Å². The average molecular weight is 200 g/mol. The Morgan fingerprint density at radius 3 is 2.43 bits per heavy atom. The predicted molar refractivity (Wildman–Crippen MR) is 59.7 cm³/mol. The summed E-state index contributed by atoms with van der Waals surface area (Å²) in [5.41, 5.74) is 0. The number of likely N-dealkylation sites (N-methyl/N-ethyl adjacent to an activating group) is 1. The van der Waals surface area contributed by atoms with Crippen LogP contribution in [0, 0.1) is 0 Å². The summed E-state index contributed by atoms with van der Waals surface area (Å²) >= 11 is 0. The zero-order chi connectivity index (χ0) is 10.2. The molecule has 0 aromatic carbocycles. The summed E-state index contributed by atoms with van der Waals surface area (Å²) in [6, 6.07) is 0. The highest BCUT2D eigenvalue weighted by Crippen LogP contribution is 1.98. The Morgan fingerprint density at radius 1 is 1.14 bits per heavy atom. The minimum Gasteiger partial charge on any atom is -0.379 e. The van der Waals surface area contributed by atoms with Gasteiger partial charge in [0.25, 0.3) is 0 Å². The second-order valence-electron chi connectivity index (χ2n) is 3.89. The monoisotopic (exact) mass is 200 g/mol. The third-order valence-corrected chi connectivity index (χ3v) is 2.82. The fourth-order valence-corrected chi connectivity index (χ4v) is 1.85. The lowest BCUT2D eigenvalue weighted by atomic mass is 10.3. The van der Waals surface area contributed by atoms with E-state index < -0.39 is 0 Å². The Kier molecular flexibility index (Phi) is 6.15. The van der Waals surface area contributed by atoms with Crippen LogP contribution in [-0.2, 0) is 4.74 Å². The minimum absolute atomic E-state index is 0.917. The topological polar surface area (TPSA) is 15.7 Å². The Labute approximate surface area is 88.0 Å². The maximum Gasteiger partial charge on any atom is 0.0594 e. The second-order valence-corrected chi connectivity index (χ2v) is 3.89. The summed E-state index contributed by atoms with van der Waals surface area (Å²) in [7, 11) is 0. The van der Waals surface area contributed by atoms with Crippen molar-refractivity contribution in [3.05, 3.63) is 0 Å². The van der Waals surface area contributed by atoms with Crippen molar-refractivity contribution < 1.29 is 4.74 Å². The Balaban J connectivity index is 2.10. The van der Waals surface area contributed by atoms with Crippen LogP contribution in [0.2, 0.25) is 0 Å². The number of nitrogens with zero attached hydrogens (tertiary/aromatic N) is 2. The SMILES string of the molecule is CCCN(CC)CCN1CCOCC1. The van der Waals surface area contributed by atoms with E-state index >= 15 is 0 Å². The van der Waals surface area contributed by atoms with Gasteiger partial charge in [-0.2, -0.15) is 0 Å². The van der Waals surface area contributed by atoms with E-state index in [2.05, 4.69) is 23.6 Å². The molecule has 1 fully saturated rings. The van der Waals surface area contributed by atoms with E-state index in [-0.39, 0.29) is 0 Å². The predicted octanol–water partition coefficient (Wildman–Crippen LogP) is 1.05. The zero-order valence-electron chi connectivity index (χ0n) is 9.67. The first-order valence-electron chi connectivity index (χ1n) is 5.89. The molecule has 0 aliphatic carbocycles. The lowest BCUT2D eigenvalue weighted by Crippen LogP contribution is -2.41. The van der Waals surface area contributed by atoms with Gasteiger partial charge in [-0.25, -0.2) is 0 Å². The first kappa shape index (κ1) is 12.0. The molecule has 0 bridgehead atoms. The van der Waals surface area contributed by atoms with Gasteiger partial charge in [0.2, 0.25) is 0 Å². The fourth-order valence-electron chi connectivity index (χ4n) is 1.85. The van der Waals surface area contributed by atoms with E-state index in [0.717, 1.165) is 26.3 Å². The van der Waals surface area contributed by atoms with E-state index in [1.807, 2.05) is 0 Å². The van der Waals surface area contributed by atoms with Gasteiger partial charge >= 0.3 is 0 Å². The van der Waals surface area contributed by atoms with Gasteiger partial charge in [-0.15, -0.1) is 0 Å². The molecule has 1 aliphatic rings. The highest BCUT2D eigenvalue weighted by molar-refractivity contribution is 4.64. The van der Waals surface area contributed by atoms with Gasteiger partial charge < -0.3 is 9.64 Å². The van der Waals surface area contributed by atoms with Gasteiger partial charge in [-0.05, 0) is 19.5 Å². The molecule has 0 saturated carbocycles. The number of hydrogen-bond acceptors (Lipinski definition) is 3. The quantitative estimate of drug-likeness (QED) is 0.637. The minimum atomic E-state index is 0.917. The largest absolute Gasteiger partial charge is 0.379 e. The summed E-state index contributed by atoms with van der Waals surface area (Å²) < 4.78 is 5.33. The number of hydrogen-bond donors (Lipinski definition) is 0. The van der Waals surface area contributed by atoms with Gasteiger partial charge in [0.1, 0.15) is 0 Å². The first-order chi connectivity index (χ1) is 6.86. The van der Waals surface area contributed by atoms with Crippen molar-refractivity contribution in [2.24, 2.45) is 0 Å². The molecule has 0 aromatic rings. The van der Waals surface area contributed by atoms with Crippen molar-refractivity contribution in [3.63, 3.8) is 0 Å². The molecule has 84 valence electrons. The van der Waals surface area contributed by atoms with Crippen molar-refractivity contribution >= 4 is 0 Å². The maximum absolute atomic E-state index is 5.33. The molecule has 0 amide bonds. The summed E-state index contributed by atoms with van der Waals surface area (Å²) in [5.74, 6) is 0. The van der Waals surface area contributed by atoms with Gasteiger partial charge in [-0.1, -0.05) is 13.8 Å². The van der Waals surface area contributed by atoms with E-state index in [1.54, 1.807) is 0 Å². The van der Waals surface area contributed by atoms with Crippen molar-refractivity contribution in [2.75, 3.05) is 52.5 Å². The molecule has 0 spiro atoms. The van der Waals surface area contributed by atoms with Crippen molar-refractivity contribution in [2.45, 2.75) is 20.3 Å². The first-order valence-corrected chi connectivity index (χ1v) is 5.89. The molecule has 1 rings (SSSR count). The van der Waals surface area contributed by atoms with Crippen LogP contribution < -0.4 is 0 Å². The van der Waals surface area contributed by atoms with E-state index in [4.69, 9.17) is 4.74 Å². The zero-order valence-corrected chi connectivity index (χ0v) is 9.67. The smallest absolute Gasteiger partial charge is 0.0594 e. The van der Waals surface area contributed by atoms with Crippen LogP contribution in [0.25, 0.3) is 0 Å². The molecule has 0 radical (unpaired) electrons. The van der Waals surface area contributed by atoms with Crippen molar-refractivity contribution in [3.8, 4) is 0 Å². The molecular formula is C11H24N2O. The Hall–Kier alpha value is -0.120. The lowest BCUT2D eigenvalue weighted by molar-refractivity contribution is 0.0336. The van der Waals surface area contributed by atoms with Crippen molar-refractivity contribution in [1.29, 1.82) is 0 Å². The number of rotatable bonds is 6. The van der Waals surface area contributed by atoms with Crippen LogP contribution >= 0.6 is 0 Å². The number of ether oxygens (including phenoxy) is 1. The third-order valence-electron chi connectivity index (χ3n) is 2.82. The van der Waals surface area contributed by atoms with E-state index in [9.17, 15) is 0 Å². The van der Waals surface area contributed by atoms with Crippen LogP contribution in [0.4, 0.5) is 0 Å². The fraction of sp³-hybridized carbons (Fsp3) is 1.00. The highest BCUT2D eigenvalue weighted by atomic mass is 16.5. The summed E-state index contributed by atoms with van der Waals surface area (Å²) in [4.78, 5) is 5.03. The van der Waals surface area contributed by atoms with Crippen LogP contribution in [0.3, 0.4) is 0 Å². The molecule has 0 unspecified atom stereocenters. The molecule has 0 aromatic heterocycles. The average Bonchev–Trinajstić information content (AvgIpc) is 2.25. The van der Waals surface area contributed by atoms with E-state index in [1.165, 1.54) is 32.6 Å². The van der Waals surface area contributed by atoms with Gasteiger partial charge in [0, 0.05) is 26.2 Å². The second kappa shape index (κ2) is 7.21. The van der Waals surface area contributed by atoms with Gasteiger partial charge in [-0.3, -0.25) is 4.90 Å². The molecule has 1 aliphatic heterocycles. The maximum atomic E-state index is 5.33. The van der Waals surface area contributed by atoms with Crippen LogP contribution in [0.5, 0.6) is 0 Å². The molecular weight excluding hydrogens is 176 g/mol. The molecule has 1 heterocycles. The molecule has 3 heteroatoms. The lowest BCUT2D eigenvalue weighted by Gasteiger charge is -2.29. The standard InChI is InChI=1S/C11H24N2O/c1-3-5-12(4-2)6-7-13-8-10-14-11-9-13/h3-11H2,1-2H3. The third kappa shape index (κ3) is 4.40. The molecule has 0 atom stereocenters. The molecule has 1 saturated heterocycles. The Morgan fingerprint density at radius 2 is 1.86 bits per heavy atom. The van der Waals surface area contributed by atoms with Crippen LogP contribution in [0.15, 0.2) is 0 Å². The summed E-state index contributed by atoms with van der Waals surface area (Å²) in [5, 5.41) is 0. The molecule has 14 heavy (non-hydrogen) atoms. The van der Waals surface area contributed by atoms with Crippen molar-refractivity contribution in [1.82, 2.24) is 9.80 Å². The highest BCUT2D eigenvalue weighted by Gasteiger charge is 2.10. The molecule has 3 nitrogen and oxygen atoms in total. The Bertz CT molecular complexity index is 130. The van der Waals surface area contributed by atoms with Crippen LogP contribution in [-0.4, -0.2) is 62.3 Å². The summed E-state index contributed by atoms with van der Waals surface area (Å²) in [6.07, 6.45) is 1.26.